The zero-order chi connectivity index (χ0) is 17.6. The van der Waals surface area contributed by atoms with E-state index in [0.29, 0.717) is 17.7 Å². The number of hydrogen-bond acceptors (Lipinski definition) is 6. The Morgan fingerprint density at radius 1 is 1.04 bits per heavy atom. The van der Waals surface area contributed by atoms with Crippen LogP contribution in [0.2, 0.25) is 0 Å². The molecule has 0 bridgehead atoms. The molecule has 2 aliphatic rings. The lowest BCUT2D eigenvalue weighted by Gasteiger charge is -2.24. The van der Waals surface area contributed by atoms with Crippen LogP contribution in [-0.2, 0) is 5.41 Å². The zero-order valence-corrected chi connectivity index (χ0v) is 14.9. The first kappa shape index (κ1) is 16.1. The number of anilines is 2. The molecular formula is C18H24N6O. The Bertz CT molecular complexity index is 813. The van der Waals surface area contributed by atoms with E-state index in [1.807, 2.05) is 0 Å². The van der Waals surface area contributed by atoms with Crippen LogP contribution < -0.4 is 15.4 Å². The average molecular weight is 340 g/mol. The highest BCUT2D eigenvalue weighted by Crippen LogP contribution is 2.34. The van der Waals surface area contributed by atoms with Gasteiger partial charge in [0.05, 0.1) is 5.69 Å². The van der Waals surface area contributed by atoms with Crippen LogP contribution in [0, 0.1) is 11.8 Å². The lowest BCUT2D eigenvalue weighted by Crippen LogP contribution is -2.33. The van der Waals surface area contributed by atoms with E-state index in [0.717, 1.165) is 37.7 Å². The third-order valence-electron chi connectivity index (χ3n) is 5.22. The first-order chi connectivity index (χ1) is 11.9. The highest BCUT2D eigenvalue weighted by molar-refractivity contribution is 5.45. The van der Waals surface area contributed by atoms with Crippen molar-refractivity contribution in [3.05, 3.63) is 40.8 Å². The van der Waals surface area contributed by atoms with E-state index >= 15 is 0 Å². The van der Waals surface area contributed by atoms with Crippen LogP contribution in [0.3, 0.4) is 0 Å². The third kappa shape index (κ3) is 2.99. The van der Waals surface area contributed by atoms with Gasteiger partial charge in [-0.25, -0.2) is 15.0 Å². The number of fused-ring (bicyclic) bond motifs is 1. The summed E-state index contributed by atoms with van der Waals surface area (Å²) in [5.41, 5.74) is 0.977. The van der Waals surface area contributed by atoms with Gasteiger partial charge in [0.2, 0.25) is 0 Å². The van der Waals surface area contributed by atoms with Crippen molar-refractivity contribution < 1.29 is 0 Å². The molecule has 0 aromatic carbocycles. The van der Waals surface area contributed by atoms with Gasteiger partial charge in [0.15, 0.2) is 5.82 Å². The average Bonchev–Trinajstić information content (AvgIpc) is 3.13. The summed E-state index contributed by atoms with van der Waals surface area (Å²) in [5.74, 6) is 2.63. The molecule has 2 atom stereocenters. The fourth-order valence-electron chi connectivity index (χ4n) is 3.85. The molecule has 2 aromatic rings. The molecule has 0 radical (unpaired) electrons. The zero-order valence-electron chi connectivity index (χ0n) is 14.9. The lowest BCUT2D eigenvalue weighted by molar-refractivity contribution is 0.533. The molecule has 2 saturated heterocycles. The summed E-state index contributed by atoms with van der Waals surface area (Å²) in [5, 5.41) is 0. The molecule has 132 valence electrons. The van der Waals surface area contributed by atoms with Crippen LogP contribution in [0.1, 0.15) is 26.5 Å². The number of rotatable bonds is 2. The topological polar surface area (TPSA) is 78.0 Å². The molecule has 4 heterocycles. The van der Waals surface area contributed by atoms with Gasteiger partial charge in [-0.15, -0.1) is 0 Å². The first-order valence-electron chi connectivity index (χ1n) is 8.78. The fourth-order valence-corrected chi connectivity index (χ4v) is 3.85. The van der Waals surface area contributed by atoms with Gasteiger partial charge >= 0.3 is 0 Å². The van der Waals surface area contributed by atoms with Gasteiger partial charge in [-0.05, 0) is 0 Å². The van der Waals surface area contributed by atoms with Crippen molar-refractivity contribution in [2.45, 2.75) is 26.2 Å². The van der Waals surface area contributed by atoms with Crippen molar-refractivity contribution in [3.63, 3.8) is 0 Å². The van der Waals surface area contributed by atoms with Crippen molar-refractivity contribution in [1.29, 1.82) is 0 Å². The number of hydrogen-bond donors (Lipinski definition) is 1. The van der Waals surface area contributed by atoms with Crippen LogP contribution in [0.4, 0.5) is 11.6 Å². The van der Waals surface area contributed by atoms with E-state index in [4.69, 9.17) is 0 Å². The van der Waals surface area contributed by atoms with Crippen LogP contribution >= 0.6 is 0 Å². The Labute approximate surface area is 147 Å². The minimum Gasteiger partial charge on any atom is -0.356 e. The van der Waals surface area contributed by atoms with E-state index in [1.54, 1.807) is 18.7 Å². The standard InChI is InChI=1S/C18H24N6O/c1-18(2,3)14-6-15(22-11-21-14)23-7-12-9-24(10-13(12)8-23)16-17(25)20-5-4-19-16/h4-6,11-13H,7-10H2,1-3H3,(H,20,25). The summed E-state index contributed by atoms with van der Waals surface area (Å²) in [4.78, 5) is 32.3. The van der Waals surface area contributed by atoms with Gasteiger partial charge in [-0.2, -0.15) is 0 Å². The molecule has 2 unspecified atom stereocenters. The van der Waals surface area contributed by atoms with Crippen molar-refractivity contribution in [1.82, 2.24) is 19.9 Å². The normalized spacial score (nSPS) is 23.2. The summed E-state index contributed by atoms with van der Waals surface area (Å²) in [6, 6.07) is 2.11. The van der Waals surface area contributed by atoms with Crippen LogP contribution in [-0.4, -0.2) is 46.1 Å². The minimum absolute atomic E-state index is 0.0179. The van der Waals surface area contributed by atoms with E-state index in [2.05, 4.69) is 56.6 Å². The Morgan fingerprint density at radius 3 is 2.36 bits per heavy atom. The summed E-state index contributed by atoms with van der Waals surface area (Å²) in [6.07, 6.45) is 4.89. The molecule has 2 aliphatic heterocycles. The van der Waals surface area contributed by atoms with Gasteiger partial charge in [-0.3, -0.25) is 4.79 Å². The second-order valence-corrected chi connectivity index (χ2v) is 8.08. The minimum atomic E-state index is -0.107. The van der Waals surface area contributed by atoms with Gasteiger partial charge in [-0.1, -0.05) is 20.8 Å². The maximum Gasteiger partial charge on any atom is 0.290 e. The van der Waals surface area contributed by atoms with Crippen molar-refractivity contribution >= 4 is 11.6 Å². The first-order valence-corrected chi connectivity index (χ1v) is 8.78. The molecule has 2 fully saturated rings. The quantitative estimate of drug-likeness (QED) is 0.891. The smallest absolute Gasteiger partial charge is 0.290 e. The van der Waals surface area contributed by atoms with Gasteiger partial charge < -0.3 is 14.8 Å². The molecule has 0 amide bonds. The Kier molecular flexibility index (Phi) is 3.74. The molecule has 7 nitrogen and oxygen atoms in total. The molecule has 7 heteroatoms. The highest BCUT2D eigenvalue weighted by atomic mass is 16.1. The number of nitrogens with one attached hydrogen (secondary N) is 1. The second-order valence-electron chi connectivity index (χ2n) is 8.08. The maximum absolute atomic E-state index is 12.0. The van der Waals surface area contributed by atoms with E-state index in [9.17, 15) is 4.79 Å². The second kappa shape index (κ2) is 5.82. The van der Waals surface area contributed by atoms with E-state index in [1.165, 1.54) is 0 Å². The number of aromatic amines is 1. The lowest BCUT2D eigenvalue weighted by atomic mass is 9.92. The monoisotopic (exact) mass is 340 g/mol. The molecule has 2 aromatic heterocycles. The molecule has 0 aliphatic carbocycles. The van der Waals surface area contributed by atoms with Gasteiger partial charge in [0.1, 0.15) is 12.1 Å². The molecule has 0 saturated carbocycles. The summed E-state index contributed by atoms with van der Waals surface area (Å²) >= 11 is 0. The SMILES string of the molecule is CC(C)(C)c1cc(N2CC3CN(c4ncc[nH]c4=O)CC3C2)ncn1. The molecule has 0 spiro atoms. The van der Waals surface area contributed by atoms with E-state index in [-0.39, 0.29) is 11.0 Å². The van der Waals surface area contributed by atoms with Crippen molar-refractivity contribution in [2.24, 2.45) is 11.8 Å². The Morgan fingerprint density at radius 2 is 1.72 bits per heavy atom. The van der Waals surface area contributed by atoms with Gasteiger partial charge in [0, 0.05) is 61.9 Å². The highest BCUT2D eigenvalue weighted by Gasteiger charge is 2.41. The summed E-state index contributed by atoms with van der Waals surface area (Å²) in [6.45, 7) is 10.2. The van der Waals surface area contributed by atoms with Crippen molar-refractivity contribution in [2.75, 3.05) is 36.0 Å². The molecule has 4 rings (SSSR count). The third-order valence-corrected chi connectivity index (χ3v) is 5.22. The van der Waals surface area contributed by atoms with Gasteiger partial charge in [0.25, 0.3) is 5.56 Å². The predicted molar refractivity (Wildman–Crippen MR) is 97.0 cm³/mol. The maximum atomic E-state index is 12.0. The number of H-pyrrole nitrogens is 1. The fraction of sp³-hybridized carbons (Fsp3) is 0.556. The number of nitrogens with zero attached hydrogens (tertiary/aromatic N) is 5. The van der Waals surface area contributed by atoms with Crippen LogP contribution in [0.25, 0.3) is 0 Å². The largest absolute Gasteiger partial charge is 0.356 e. The number of aromatic nitrogens is 4. The molecular weight excluding hydrogens is 316 g/mol. The summed E-state index contributed by atoms with van der Waals surface area (Å²) in [7, 11) is 0. The molecule has 1 N–H and O–H groups in total. The Balaban J connectivity index is 1.48. The summed E-state index contributed by atoms with van der Waals surface area (Å²) < 4.78 is 0. The molecule has 25 heavy (non-hydrogen) atoms. The Hall–Kier alpha value is -2.44. The van der Waals surface area contributed by atoms with E-state index < -0.39 is 0 Å². The van der Waals surface area contributed by atoms with Crippen molar-refractivity contribution in [3.8, 4) is 0 Å². The van der Waals surface area contributed by atoms with Crippen LogP contribution in [0.15, 0.2) is 29.6 Å². The predicted octanol–water partition coefficient (Wildman–Crippen LogP) is 1.43. The van der Waals surface area contributed by atoms with Crippen LogP contribution in [0.5, 0.6) is 0 Å².